The number of para-hydroxylation sites is 1. The standard InChI is InChI=1S/C25H28F3N3O/c1-15-13-30-21-7-5-4-6-16(21)8-22(30)24(31(15)14-25(2,3)28)23-19(26)9-17(10-20(23)27)32-18-11-29-12-18/h4-10,15,18,24,29H,11-14H2,1-3H3/t15-,24?/m1/s1. The van der Waals surface area contributed by atoms with Crippen LogP contribution in [0.3, 0.4) is 0 Å². The molecule has 170 valence electrons. The Kier molecular flexibility index (Phi) is 5.21. The van der Waals surface area contributed by atoms with Crippen LogP contribution in [-0.2, 0) is 6.54 Å². The van der Waals surface area contributed by atoms with Gasteiger partial charge in [-0.05, 0) is 38.3 Å². The first kappa shape index (κ1) is 21.3. The van der Waals surface area contributed by atoms with Crippen LogP contribution in [0.15, 0.2) is 42.5 Å². The van der Waals surface area contributed by atoms with Crippen LogP contribution in [0.2, 0.25) is 0 Å². The molecule has 3 aromatic rings. The van der Waals surface area contributed by atoms with Crippen LogP contribution in [0.5, 0.6) is 5.75 Å². The van der Waals surface area contributed by atoms with Crippen LogP contribution in [0.1, 0.15) is 38.1 Å². The maximum Gasteiger partial charge on any atom is 0.135 e. The highest BCUT2D eigenvalue weighted by Gasteiger charge is 2.40. The summed E-state index contributed by atoms with van der Waals surface area (Å²) in [6, 6.07) is 11.5. The maximum atomic E-state index is 15.5. The number of alkyl halides is 1. The van der Waals surface area contributed by atoms with Gasteiger partial charge in [0.15, 0.2) is 0 Å². The molecule has 4 nitrogen and oxygen atoms in total. The largest absolute Gasteiger partial charge is 0.488 e. The number of hydrogen-bond acceptors (Lipinski definition) is 3. The second-order valence-electron chi connectivity index (χ2n) is 9.58. The van der Waals surface area contributed by atoms with Crippen molar-refractivity contribution in [3.8, 4) is 5.75 Å². The molecule has 0 spiro atoms. The van der Waals surface area contributed by atoms with Crippen molar-refractivity contribution in [2.45, 2.75) is 51.2 Å². The van der Waals surface area contributed by atoms with E-state index in [1.54, 1.807) is 0 Å². The number of fused-ring (bicyclic) bond motifs is 3. The van der Waals surface area contributed by atoms with Crippen molar-refractivity contribution in [2.75, 3.05) is 19.6 Å². The molecule has 0 aliphatic carbocycles. The smallest absolute Gasteiger partial charge is 0.135 e. The fraction of sp³-hybridized carbons (Fsp3) is 0.440. The van der Waals surface area contributed by atoms with Gasteiger partial charge in [-0.1, -0.05) is 18.2 Å². The number of ether oxygens (including phenoxy) is 1. The molecule has 5 rings (SSSR count). The van der Waals surface area contributed by atoms with E-state index in [-0.39, 0.29) is 30.0 Å². The summed E-state index contributed by atoms with van der Waals surface area (Å²) in [5.74, 6) is -1.17. The Morgan fingerprint density at radius 3 is 2.41 bits per heavy atom. The Hall–Kier alpha value is -2.51. The van der Waals surface area contributed by atoms with Crippen molar-refractivity contribution in [1.82, 2.24) is 14.8 Å². The van der Waals surface area contributed by atoms with Crippen molar-refractivity contribution in [3.05, 3.63) is 65.4 Å². The minimum Gasteiger partial charge on any atom is -0.488 e. The molecule has 1 N–H and O–H groups in total. The van der Waals surface area contributed by atoms with Gasteiger partial charge < -0.3 is 14.6 Å². The SMILES string of the molecule is C[C@@H]1Cn2c(cc3ccccc32)C(c2c(F)cc(OC3CNC3)cc2F)N1CC(C)(C)F. The normalized spacial score (nSPS) is 22.1. The lowest BCUT2D eigenvalue weighted by Crippen LogP contribution is -2.50. The Balaban J connectivity index is 1.65. The average molecular weight is 444 g/mol. The topological polar surface area (TPSA) is 29.4 Å². The molecule has 0 saturated carbocycles. The Labute approximate surface area is 186 Å². The van der Waals surface area contributed by atoms with Crippen LogP contribution in [-0.4, -0.2) is 46.9 Å². The van der Waals surface area contributed by atoms with E-state index in [4.69, 9.17) is 4.74 Å². The van der Waals surface area contributed by atoms with Gasteiger partial charge in [0.2, 0.25) is 0 Å². The zero-order valence-electron chi connectivity index (χ0n) is 18.5. The Morgan fingerprint density at radius 2 is 1.78 bits per heavy atom. The van der Waals surface area contributed by atoms with E-state index in [1.165, 1.54) is 26.0 Å². The van der Waals surface area contributed by atoms with E-state index in [0.717, 1.165) is 16.6 Å². The fourth-order valence-electron chi connectivity index (χ4n) is 4.88. The fourth-order valence-corrected chi connectivity index (χ4v) is 4.88. The molecule has 0 amide bonds. The first-order valence-electron chi connectivity index (χ1n) is 11.1. The summed E-state index contributed by atoms with van der Waals surface area (Å²) >= 11 is 0. The van der Waals surface area contributed by atoms with Gasteiger partial charge in [0, 0.05) is 61.1 Å². The first-order valence-corrected chi connectivity index (χ1v) is 11.1. The molecular weight excluding hydrogens is 415 g/mol. The van der Waals surface area contributed by atoms with Crippen molar-refractivity contribution < 1.29 is 17.9 Å². The molecule has 0 radical (unpaired) electrons. The first-order chi connectivity index (χ1) is 15.2. The van der Waals surface area contributed by atoms with Crippen molar-refractivity contribution >= 4 is 10.9 Å². The third kappa shape index (κ3) is 3.77. The predicted molar refractivity (Wildman–Crippen MR) is 119 cm³/mol. The zero-order valence-corrected chi connectivity index (χ0v) is 18.5. The molecule has 32 heavy (non-hydrogen) atoms. The average Bonchev–Trinajstić information content (AvgIpc) is 3.04. The lowest BCUT2D eigenvalue weighted by Gasteiger charge is -2.44. The molecule has 3 heterocycles. The van der Waals surface area contributed by atoms with Gasteiger partial charge in [-0.3, -0.25) is 4.90 Å². The van der Waals surface area contributed by atoms with E-state index < -0.39 is 23.3 Å². The van der Waals surface area contributed by atoms with Crippen molar-refractivity contribution in [2.24, 2.45) is 0 Å². The van der Waals surface area contributed by atoms with Crippen LogP contribution in [0, 0.1) is 11.6 Å². The van der Waals surface area contributed by atoms with Gasteiger partial charge in [0.05, 0.1) is 6.04 Å². The number of benzene rings is 2. The van der Waals surface area contributed by atoms with Gasteiger partial charge in [0.1, 0.15) is 29.2 Å². The minimum atomic E-state index is -1.52. The third-order valence-electron chi connectivity index (χ3n) is 6.40. The molecule has 2 aromatic carbocycles. The van der Waals surface area contributed by atoms with E-state index in [0.29, 0.717) is 19.6 Å². The number of nitrogens with one attached hydrogen (secondary N) is 1. The van der Waals surface area contributed by atoms with E-state index in [9.17, 15) is 4.39 Å². The van der Waals surface area contributed by atoms with Gasteiger partial charge in [0.25, 0.3) is 0 Å². The van der Waals surface area contributed by atoms with Gasteiger partial charge in [-0.2, -0.15) is 0 Å². The predicted octanol–water partition coefficient (Wildman–Crippen LogP) is 4.81. The molecule has 0 bridgehead atoms. The second kappa shape index (κ2) is 7.81. The lowest BCUT2D eigenvalue weighted by atomic mass is 9.94. The summed E-state index contributed by atoms with van der Waals surface area (Å²) in [7, 11) is 0. The molecule has 1 aromatic heterocycles. The van der Waals surface area contributed by atoms with Gasteiger partial charge in [-0.15, -0.1) is 0 Å². The molecule has 1 fully saturated rings. The maximum absolute atomic E-state index is 15.5. The highest BCUT2D eigenvalue weighted by atomic mass is 19.1. The second-order valence-corrected chi connectivity index (χ2v) is 9.58. The summed E-state index contributed by atoms with van der Waals surface area (Å²) in [5.41, 5.74) is 0.192. The number of aromatic nitrogens is 1. The number of nitrogens with zero attached hydrogens (tertiary/aromatic N) is 2. The van der Waals surface area contributed by atoms with Crippen molar-refractivity contribution in [1.29, 1.82) is 0 Å². The highest BCUT2D eigenvalue weighted by molar-refractivity contribution is 5.82. The van der Waals surface area contributed by atoms with Crippen LogP contribution >= 0.6 is 0 Å². The molecule has 2 aliphatic heterocycles. The van der Waals surface area contributed by atoms with Crippen LogP contribution < -0.4 is 10.1 Å². The third-order valence-corrected chi connectivity index (χ3v) is 6.40. The number of hydrogen-bond donors (Lipinski definition) is 1. The zero-order chi connectivity index (χ0) is 22.6. The summed E-state index contributed by atoms with van der Waals surface area (Å²) in [6.45, 7) is 6.97. The Morgan fingerprint density at radius 1 is 1.09 bits per heavy atom. The van der Waals surface area contributed by atoms with E-state index >= 15 is 8.78 Å². The quantitative estimate of drug-likeness (QED) is 0.614. The minimum absolute atomic E-state index is 0.0607. The highest BCUT2D eigenvalue weighted by Crippen LogP contribution is 2.42. The molecule has 2 atom stereocenters. The molecule has 1 unspecified atom stereocenters. The summed E-state index contributed by atoms with van der Waals surface area (Å²) in [4.78, 5) is 1.88. The lowest BCUT2D eigenvalue weighted by molar-refractivity contribution is 0.0506. The number of halogens is 3. The molecule has 7 heteroatoms. The van der Waals surface area contributed by atoms with Gasteiger partial charge >= 0.3 is 0 Å². The molecule has 2 aliphatic rings. The Bertz CT molecular complexity index is 1130. The summed E-state index contributed by atoms with van der Waals surface area (Å²) in [6.07, 6.45) is -0.0827. The van der Waals surface area contributed by atoms with Crippen LogP contribution in [0.25, 0.3) is 10.9 Å². The summed E-state index contributed by atoms with van der Waals surface area (Å²) < 4.78 is 53.6. The molecule has 1 saturated heterocycles. The molecular formula is C25H28F3N3O. The van der Waals surface area contributed by atoms with E-state index in [2.05, 4.69) is 9.88 Å². The van der Waals surface area contributed by atoms with E-state index in [1.807, 2.05) is 42.2 Å². The summed E-state index contributed by atoms with van der Waals surface area (Å²) in [5, 5.41) is 4.07. The number of rotatable bonds is 5. The van der Waals surface area contributed by atoms with Crippen molar-refractivity contribution in [3.63, 3.8) is 0 Å². The monoisotopic (exact) mass is 443 g/mol. The van der Waals surface area contributed by atoms with Crippen LogP contribution in [0.4, 0.5) is 13.2 Å². The van der Waals surface area contributed by atoms with Gasteiger partial charge in [-0.25, -0.2) is 13.2 Å².